The van der Waals surface area contributed by atoms with Crippen LogP contribution in [0.5, 0.6) is 0 Å². The van der Waals surface area contributed by atoms with Gasteiger partial charge in [-0.15, -0.1) is 0 Å². The molecule has 0 saturated carbocycles. The number of hydrogen-bond acceptors (Lipinski definition) is 1. The fourth-order valence-corrected chi connectivity index (χ4v) is 0. The van der Waals surface area contributed by atoms with Gasteiger partial charge in [-0.05, 0) is 0 Å². The first-order chi connectivity index (χ1) is 1.00. The third-order valence-electron chi connectivity index (χ3n) is 0. The van der Waals surface area contributed by atoms with E-state index in [4.69, 9.17) is 4.79 Å². The molecule has 0 N–H and O–H groups in total. The molecule has 0 aliphatic heterocycles. The monoisotopic (exact) mass is 133 g/mol. The van der Waals surface area contributed by atoms with E-state index >= 15 is 0 Å². The molecule has 2 heteroatoms. The van der Waals surface area contributed by atoms with Crippen molar-refractivity contribution < 1.29 is 37.5 Å². The summed E-state index contributed by atoms with van der Waals surface area (Å²) in [5.74, 6) is 0. The molecule has 0 rings (SSSR count). The van der Waals surface area contributed by atoms with E-state index in [0.717, 1.165) is 0 Å². The standard InChI is InChI=1S/CHO.CH3.Y/c1-2;;/h1H;1H3;/q2*-1;. The maximum absolute atomic E-state index is 7.75. The van der Waals surface area contributed by atoms with Crippen molar-refractivity contribution in [3.8, 4) is 0 Å². The van der Waals surface area contributed by atoms with Crippen molar-refractivity contribution in [2.45, 2.75) is 0 Å². The van der Waals surface area contributed by atoms with E-state index in [9.17, 15) is 0 Å². The SMILES string of the molecule is [CH-]=O.[CH3-].[Y]. The first kappa shape index (κ1) is 21.6. The maximum Gasteiger partial charge on any atom is 0 e. The van der Waals surface area contributed by atoms with E-state index in [1.807, 2.05) is 0 Å². The molecule has 1 nitrogen and oxygen atoms in total. The molecule has 0 aliphatic carbocycles. The van der Waals surface area contributed by atoms with Crippen LogP contribution in [0.1, 0.15) is 0 Å². The van der Waals surface area contributed by atoms with Crippen molar-refractivity contribution in [2.24, 2.45) is 0 Å². The van der Waals surface area contributed by atoms with Gasteiger partial charge in [-0.2, -0.15) is 0 Å². The van der Waals surface area contributed by atoms with Crippen molar-refractivity contribution in [3.63, 3.8) is 0 Å². The molecular formula is C2H4OY-2. The Hall–Kier alpha value is 0.774. The molecule has 0 saturated heterocycles. The summed E-state index contributed by atoms with van der Waals surface area (Å²) in [5, 5.41) is 0. The van der Waals surface area contributed by atoms with Gasteiger partial charge in [-0.3, -0.25) is 6.79 Å². The largest absolute Gasteiger partial charge is 0.545 e. The minimum absolute atomic E-state index is 0. The van der Waals surface area contributed by atoms with Gasteiger partial charge in [0, 0.05) is 32.7 Å². The van der Waals surface area contributed by atoms with Crippen LogP contribution in [-0.4, -0.2) is 6.79 Å². The van der Waals surface area contributed by atoms with Gasteiger partial charge < -0.3 is 12.2 Å². The molecule has 0 aromatic carbocycles. The minimum Gasteiger partial charge on any atom is -0.545 e. The summed E-state index contributed by atoms with van der Waals surface area (Å²) < 4.78 is 0. The Morgan fingerprint density at radius 3 is 1.25 bits per heavy atom. The van der Waals surface area contributed by atoms with Crippen LogP contribution in [0.3, 0.4) is 0 Å². The number of rotatable bonds is 0. The molecule has 0 heterocycles. The Morgan fingerprint density at radius 2 is 1.25 bits per heavy atom. The predicted octanol–water partition coefficient (Wildman–Crippen LogP) is 0.174. The maximum atomic E-state index is 7.75. The Kier molecular flexibility index (Phi) is 262. The van der Waals surface area contributed by atoms with Crippen molar-refractivity contribution in [2.75, 3.05) is 0 Å². The van der Waals surface area contributed by atoms with Gasteiger partial charge in [-0.25, -0.2) is 0 Å². The van der Waals surface area contributed by atoms with Gasteiger partial charge in [0.1, 0.15) is 0 Å². The summed E-state index contributed by atoms with van der Waals surface area (Å²) in [6.07, 6.45) is 0. The second kappa shape index (κ2) is 48.5. The smallest absolute Gasteiger partial charge is 0 e. The van der Waals surface area contributed by atoms with Crippen LogP contribution in [0.4, 0.5) is 0 Å². The first-order valence-electron chi connectivity index (χ1n) is 0.236. The van der Waals surface area contributed by atoms with Crippen molar-refractivity contribution in [1.82, 2.24) is 0 Å². The third-order valence-corrected chi connectivity index (χ3v) is 0. The molecule has 0 aromatic rings. The Labute approximate surface area is 51.7 Å². The molecule has 0 fully saturated rings. The summed E-state index contributed by atoms with van der Waals surface area (Å²) >= 11 is 0. The fraction of sp³-hybridized carbons (Fsp3) is 0. The fourth-order valence-electron chi connectivity index (χ4n) is 0. The van der Waals surface area contributed by atoms with Crippen LogP contribution in [-0.2, 0) is 37.5 Å². The van der Waals surface area contributed by atoms with Crippen LogP contribution >= 0.6 is 0 Å². The van der Waals surface area contributed by atoms with Crippen molar-refractivity contribution in [3.05, 3.63) is 7.43 Å². The molecule has 1 radical (unpaired) electrons. The first-order valence-corrected chi connectivity index (χ1v) is 0.236. The van der Waals surface area contributed by atoms with Crippen molar-refractivity contribution in [1.29, 1.82) is 0 Å². The van der Waals surface area contributed by atoms with Gasteiger partial charge in [0.15, 0.2) is 0 Å². The Balaban J connectivity index is -0.00000000500. The van der Waals surface area contributed by atoms with E-state index in [1.165, 1.54) is 0 Å². The quantitative estimate of drug-likeness (QED) is 0.340. The molecule has 0 bridgehead atoms. The summed E-state index contributed by atoms with van der Waals surface area (Å²) in [5.41, 5.74) is 0. The van der Waals surface area contributed by atoms with Crippen LogP contribution in [0.25, 0.3) is 0 Å². The third kappa shape index (κ3) is 14.6. The second-order valence-electron chi connectivity index (χ2n) is 0. The van der Waals surface area contributed by atoms with E-state index in [2.05, 4.69) is 6.79 Å². The van der Waals surface area contributed by atoms with Crippen LogP contribution in [0, 0.1) is 7.43 Å². The number of hydrogen-bond donors (Lipinski definition) is 0. The Morgan fingerprint density at radius 1 is 1.25 bits per heavy atom. The predicted molar refractivity (Wildman–Crippen MR) is 13.2 cm³/mol. The minimum atomic E-state index is 0. The van der Waals surface area contributed by atoms with Crippen LogP contribution in [0.15, 0.2) is 0 Å². The molecule has 0 aromatic heterocycles. The summed E-state index contributed by atoms with van der Waals surface area (Å²) in [7, 11) is 0. The second-order valence-corrected chi connectivity index (χ2v) is 0. The molecule has 0 atom stereocenters. The molecule has 23 valence electrons. The van der Waals surface area contributed by atoms with Gasteiger partial charge >= 0.3 is 0 Å². The normalized spacial score (nSPS) is 1.00. The summed E-state index contributed by atoms with van der Waals surface area (Å²) in [4.78, 5) is 7.75. The topological polar surface area (TPSA) is 17.1 Å². The van der Waals surface area contributed by atoms with E-state index in [1.54, 1.807) is 0 Å². The zero-order valence-electron chi connectivity index (χ0n) is 2.56. The average molecular weight is 133 g/mol. The molecule has 0 amide bonds. The van der Waals surface area contributed by atoms with E-state index in [0.29, 0.717) is 0 Å². The molecular weight excluding hydrogens is 129 g/mol. The summed E-state index contributed by atoms with van der Waals surface area (Å²) in [6, 6.07) is 0. The average Bonchev–Trinajstić information content (AvgIpc) is 1.00. The van der Waals surface area contributed by atoms with E-state index in [-0.39, 0.29) is 40.1 Å². The van der Waals surface area contributed by atoms with E-state index < -0.39 is 0 Å². The molecule has 4 heavy (non-hydrogen) atoms. The zero-order valence-corrected chi connectivity index (χ0v) is 5.40. The van der Waals surface area contributed by atoms with Gasteiger partial charge in [0.25, 0.3) is 0 Å². The Bertz CT molecular complexity index is 6.00. The van der Waals surface area contributed by atoms with Gasteiger partial charge in [0.05, 0.1) is 0 Å². The van der Waals surface area contributed by atoms with Crippen molar-refractivity contribution >= 4 is 6.79 Å². The molecule has 0 spiro atoms. The summed E-state index contributed by atoms with van der Waals surface area (Å²) in [6.45, 7) is 3.25. The molecule has 0 aliphatic rings. The zero-order chi connectivity index (χ0) is 2.00. The van der Waals surface area contributed by atoms with Gasteiger partial charge in [0.2, 0.25) is 0 Å². The van der Waals surface area contributed by atoms with Gasteiger partial charge in [-0.1, -0.05) is 0 Å². The molecule has 0 unspecified atom stereocenters. The number of carbonyl (C=O) groups excluding carboxylic acids is 1. The van der Waals surface area contributed by atoms with Crippen LogP contribution in [0.2, 0.25) is 0 Å². The van der Waals surface area contributed by atoms with Crippen LogP contribution < -0.4 is 0 Å².